The smallest absolute Gasteiger partial charge is 0.410 e. The Bertz CT molecular complexity index is 1290. The van der Waals surface area contributed by atoms with Crippen LogP contribution in [-0.2, 0) is 11.8 Å². The number of nitrogens with one attached hydrogen (secondary N) is 2. The Kier molecular flexibility index (Phi) is 9.01. The van der Waals surface area contributed by atoms with Crippen LogP contribution >= 0.6 is 11.6 Å². The van der Waals surface area contributed by atoms with Crippen molar-refractivity contribution in [3.63, 3.8) is 0 Å². The molecule has 1 saturated heterocycles. The Morgan fingerprint density at radius 3 is 2.46 bits per heavy atom. The molecule has 0 bridgehead atoms. The second-order valence-corrected chi connectivity index (χ2v) is 11.0. The molecule has 9 nitrogen and oxygen atoms in total. The zero-order valence-electron chi connectivity index (χ0n) is 22.9. The van der Waals surface area contributed by atoms with Crippen molar-refractivity contribution < 1.29 is 19.1 Å². The zero-order valence-corrected chi connectivity index (χ0v) is 23.6. The van der Waals surface area contributed by atoms with Crippen LogP contribution < -0.4 is 15.4 Å². The van der Waals surface area contributed by atoms with Crippen LogP contribution in [0, 0.1) is 0 Å². The fourth-order valence-electron chi connectivity index (χ4n) is 4.57. The summed E-state index contributed by atoms with van der Waals surface area (Å²) in [6, 6.07) is 14.0. The number of nitrogens with zero attached hydrogens (tertiary/aromatic N) is 3. The molecule has 0 unspecified atom stereocenters. The summed E-state index contributed by atoms with van der Waals surface area (Å²) in [6.07, 6.45) is 5.10. The number of carbonyl (C=O) groups excluding carboxylic acids is 2. The molecular formula is C29H36ClN5O4. The van der Waals surface area contributed by atoms with Gasteiger partial charge < -0.3 is 25.0 Å². The highest BCUT2D eigenvalue weighted by molar-refractivity contribution is 6.30. The lowest BCUT2D eigenvalue weighted by Gasteiger charge is -2.36. The monoisotopic (exact) mass is 553 g/mol. The number of rotatable bonds is 7. The van der Waals surface area contributed by atoms with Gasteiger partial charge in [-0.05, 0) is 88.6 Å². The van der Waals surface area contributed by atoms with Gasteiger partial charge in [-0.2, -0.15) is 5.10 Å². The van der Waals surface area contributed by atoms with Gasteiger partial charge in [0.15, 0.2) is 0 Å². The second-order valence-electron chi connectivity index (χ2n) is 10.6. The number of amides is 3. The van der Waals surface area contributed by atoms with E-state index in [1.165, 1.54) is 0 Å². The number of halogens is 1. The van der Waals surface area contributed by atoms with Crippen LogP contribution in [0.25, 0.3) is 11.3 Å². The van der Waals surface area contributed by atoms with Crippen LogP contribution in [0.15, 0.2) is 54.7 Å². The minimum atomic E-state index is -0.533. The van der Waals surface area contributed by atoms with Crippen LogP contribution in [0.5, 0.6) is 5.75 Å². The number of hydrogen-bond acceptors (Lipinski definition) is 5. The molecule has 1 aromatic heterocycles. The van der Waals surface area contributed by atoms with E-state index in [1.807, 2.05) is 50.9 Å². The van der Waals surface area contributed by atoms with E-state index in [2.05, 4.69) is 15.7 Å². The molecule has 3 amide bonds. The molecule has 1 atom stereocenters. The number of aromatic nitrogens is 2. The molecule has 0 spiro atoms. The number of carbonyl (C=O) groups is 2. The number of urea groups is 1. The van der Waals surface area contributed by atoms with E-state index in [0.717, 1.165) is 30.5 Å². The second kappa shape index (κ2) is 12.4. The van der Waals surface area contributed by atoms with E-state index in [9.17, 15) is 9.59 Å². The highest BCUT2D eigenvalue weighted by Crippen LogP contribution is 2.33. The molecule has 0 radical (unpaired) electrons. The molecule has 0 aliphatic carbocycles. The highest BCUT2D eigenvalue weighted by atomic mass is 35.5. The summed E-state index contributed by atoms with van der Waals surface area (Å²) in [5.41, 5.74) is 2.35. The molecule has 2 N–H and O–H groups in total. The number of aryl methyl sites for hydroxylation is 1. The first-order valence-corrected chi connectivity index (χ1v) is 13.6. The lowest BCUT2D eigenvalue weighted by atomic mass is 10.00. The maximum absolute atomic E-state index is 12.8. The first-order valence-electron chi connectivity index (χ1n) is 13.2. The van der Waals surface area contributed by atoms with Crippen molar-refractivity contribution >= 4 is 35.1 Å². The maximum atomic E-state index is 12.8. The third-order valence-electron chi connectivity index (χ3n) is 6.40. The predicted octanol–water partition coefficient (Wildman–Crippen LogP) is 6.94. The molecule has 3 aromatic rings. The minimum Gasteiger partial charge on any atom is -0.493 e. The lowest BCUT2D eigenvalue weighted by molar-refractivity contribution is 0.00743. The summed E-state index contributed by atoms with van der Waals surface area (Å²) in [7, 11) is 1.85. The maximum Gasteiger partial charge on any atom is 0.410 e. The van der Waals surface area contributed by atoms with E-state index in [0.29, 0.717) is 41.7 Å². The Morgan fingerprint density at radius 2 is 1.77 bits per heavy atom. The molecule has 1 fully saturated rings. The Hall–Kier alpha value is -3.72. The van der Waals surface area contributed by atoms with Gasteiger partial charge in [-0.25, -0.2) is 9.59 Å². The zero-order chi connectivity index (χ0) is 28.0. The Morgan fingerprint density at radius 1 is 1.05 bits per heavy atom. The van der Waals surface area contributed by atoms with Crippen LogP contribution in [0.4, 0.5) is 21.0 Å². The van der Waals surface area contributed by atoms with E-state index in [4.69, 9.17) is 21.1 Å². The van der Waals surface area contributed by atoms with Gasteiger partial charge in [-0.15, -0.1) is 0 Å². The van der Waals surface area contributed by atoms with Gasteiger partial charge in [-0.3, -0.25) is 4.68 Å². The van der Waals surface area contributed by atoms with Crippen molar-refractivity contribution in [3.05, 3.63) is 59.8 Å². The highest BCUT2D eigenvalue weighted by Gasteiger charge is 2.30. The van der Waals surface area contributed by atoms with E-state index < -0.39 is 5.60 Å². The fourth-order valence-corrected chi connectivity index (χ4v) is 4.69. The summed E-state index contributed by atoms with van der Waals surface area (Å²) < 4.78 is 13.6. The van der Waals surface area contributed by atoms with Gasteiger partial charge in [0, 0.05) is 54.2 Å². The van der Waals surface area contributed by atoms with Crippen molar-refractivity contribution in [3.8, 4) is 17.0 Å². The first-order chi connectivity index (χ1) is 18.6. The molecule has 1 aliphatic heterocycles. The number of hydrogen-bond donors (Lipinski definition) is 2. The molecule has 39 heavy (non-hydrogen) atoms. The van der Waals surface area contributed by atoms with Crippen LogP contribution in [0.1, 0.15) is 46.5 Å². The van der Waals surface area contributed by atoms with Crippen LogP contribution in [0.3, 0.4) is 0 Å². The Labute approximate surface area is 234 Å². The molecule has 1 aliphatic rings. The number of likely N-dealkylation sites (tertiary alicyclic amines) is 1. The third kappa shape index (κ3) is 7.89. The van der Waals surface area contributed by atoms with Gasteiger partial charge in [0.05, 0.1) is 12.3 Å². The van der Waals surface area contributed by atoms with Gasteiger partial charge in [0.25, 0.3) is 0 Å². The molecule has 2 aromatic carbocycles. The van der Waals surface area contributed by atoms with Crippen molar-refractivity contribution in [2.75, 3.05) is 23.8 Å². The van der Waals surface area contributed by atoms with Crippen molar-refractivity contribution in [2.24, 2.45) is 7.05 Å². The SMILES string of the molecule is Cn1nccc1-c1cc(NC(=O)Nc2ccc(Cl)cc2)ccc1OCC[C@H]1CCCCN1C(=O)OC(C)(C)C. The summed E-state index contributed by atoms with van der Waals surface area (Å²) in [5, 5.41) is 10.6. The third-order valence-corrected chi connectivity index (χ3v) is 6.65. The number of benzene rings is 2. The van der Waals surface area contributed by atoms with Gasteiger partial charge in [-0.1, -0.05) is 11.6 Å². The molecular weight excluding hydrogens is 518 g/mol. The summed E-state index contributed by atoms with van der Waals surface area (Å²) in [6.45, 7) is 6.77. The predicted molar refractivity (Wildman–Crippen MR) is 153 cm³/mol. The molecule has 4 rings (SSSR count). The van der Waals surface area contributed by atoms with E-state index in [1.54, 1.807) is 41.2 Å². The average molecular weight is 554 g/mol. The van der Waals surface area contributed by atoms with E-state index >= 15 is 0 Å². The van der Waals surface area contributed by atoms with Crippen molar-refractivity contribution in [1.29, 1.82) is 0 Å². The number of anilines is 2. The fraction of sp³-hybridized carbons (Fsp3) is 0.414. The molecule has 0 saturated carbocycles. The minimum absolute atomic E-state index is 0.0613. The number of piperidine rings is 1. The van der Waals surface area contributed by atoms with E-state index in [-0.39, 0.29) is 18.2 Å². The summed E-state index contributed by atoms with van der Waals surface area (Å²) in [4.78, 5) is 27.2. The average Bonchev–Trinajstić information content (AvgIpc) is 3.31. The lowest BCUT2D eigenvalue weighted by Crippen LogP contribution is -2.46. The molecule has 10 heteroatoms. The van der Waals surface area contributed by atoms with Gasteiger partial charge in [0.1, 0.15) is 11.4 Å². The normalized spacial score (nSPS) is 15.5. The topological polar surface area (TPSA) is 97.7 Å². The first kappa shape index (κ1) is 28.3. The van der Waals surface area contributed by atoms with Crippen molar-refractivity contribution in [1.82, 2.24) is 14.7 Å². The molecule has 2 heterocycles. The summed E-state index contributed by atoms with van der Waals surface area (Å²) >= 11 is 5.93. The molecule has 208 valence electrons. The quantitative estimate of drug-likeness (QED) is 0.330. The van der Waals surface area contributed by atoms with Crippen LogP contribution in [-0.4, -0.2) is 51.6 Å². The summed E-state index contributed by atoms with van der Waals surface area (Å²) in [5.74, 6) is 0.668. The van der Waals surface area contributed by atoms with Gasteiger partial charge in [0.2, 0.25) is 0 Å². The van der Waals surface area contributed by atoms with Crippen molar-refractivity contribution in [2.45, 2.75) is 58.1 Å². The van der Waals surface area contributed by atoms with Crippen LogP contribution in [0.2, 0.25) is 5.02 Å². The largest absolute Gasteiger partial charge is 0.493 e. The Balaban J connectivity index is 1.44. The van der Waals surface area contributed by atoms with Gasteiger partial charge >= 0.3 is 12.1 Å². The number of ether oxygens (including phenoxy) is 2. The standard InChI is InChI=1S/C29H36ClN5O4/c1-29(2,3)39-28(37)35-17-6-5-7-23(35)15-18-38-26-13-12-22(19-24(26)25-14-16-31-34(25)4)33-27(36)32-21-10-8-20(30)9-11-21/h8-14,16,19,23H,5-7,15,17-18H2,1-4H3,(H2,32,33,36)/t23-/m1/s1.